The number of pyridine rings is 1. The molecule has 0 fully saturated rings. The van der Waals surface area contributed by atoms with Crippen molar-refractivity contribution >= 4 is 11.8 Å². The number of aromatic nitrogens is 4. The molecule has 0 bridgehead atoms. The molecule has 0 aliphatic heterocycles. The van der Waals surface area contributed by atoms with Gasteiger partial charge < -0.3 is 4.57 Å². The van der Waals surface area contributed by atoms with Crippen molar-refractivity contribution in [2.75, 3.05) is 0 Å². The molecule has 112 valence electrons. The Morgan fingerprint density at radius 3 is 2.55 bits per heavy atom. The van der Waals surface area contributed by atoms with Crippen LogP contribution in [-0.4, -0.2) is 19.7 Å². The zero-order valence-electron chi connectivity index (χ0n) is 12.9. The maximum absolute atomic E-state index is 4.30. The van der Waals surface area contributed by atoms with Gasteiger partial charge >= 0.3 is 0 Å². The first-order valence-electron chi connectivity index (χ1n) is 7.13. The standard InChI is InChI=1S/C17H18N4S/c1-12-7-13(2)9-14(8-12)11-22-17-20-19-16(21(17)3)15-5-4-6-18-10-15/h4-10H,11H2,1-3H3. The molecule has 0 spiro atoms. The summed E-state index contributed by atoms with van der Waals surface area (Å²) in [4.78, 5) is 4.14. The summed E-state index contributed by atoms with van der Waals surface area (Å²) in [5.41, 5.74) is 4.89. The first kappa shape index (κ1) is 14.8. The molecule has 0 aliphatic carbocycles. The zero-order chi connectivity index (χ0) is 15.5. The highest BCUT2D eigenvalue weighted by atomic mass is 32.2. The Morgan fingerprint density at radius 2 is 1.86 bits per heavy atom. The van der Waals surface area contributed by atoms with Crippen molar-refractivity contribution in [1.82, 2.24) is 19.7 Å². The number of hydrogen-bond acceptors (Lipinski definition) is 4. The van der Waals surface area contributed by atoms with Crippen LogP contribution in [0.1, 0.15) is 16.7 Å². The second kappa shape index (κ2) is 6.32. The molecule has 22 heavy (non-hydrogen) atoms. The van der Waals surface area contributed by atoms with E-state index in [2.05, 4.69) is 47.2 Å². The van der Waals surface area contributed by atoms with Crippen LogP contribution in [0.15, 0.2) is 47.9 Å². The summed E-state index contributed by atoms with van der Waals surface area (Å²) in [5.74, 6) is 1.73. The van der Waals surface area contributed by atoms with Crippen molar-refractivity contribution in [3.8, 4) is 11.4 Å². The summed E-state index contributed by atoms with van der Waals surface area (Å²) in [7, 11) is 1.99. The minimum atomic E-state index is 0.844. The summed E-state index contributed by atoms with van der Waals surface area (Å²) in [6.07, 6.45) is 3.57. The fraction of sp³-hybridized carbons (Fsp3) is 0.235. The molecule has 4 nitrogen and oxygen atoms in total. The van der Waals surface area contributed by atoms with Crippen LogP contribution in [0.5, 0.6) is 0 Å². The predicted molar refractivity (Wildman–Crippen MR) is 89.7 cm³/mol. The molecule has 3 rings (SSSR count). The monoisotopic (exact) mass is 310 g/mol. The molecule has 5 heteroatoms. The average molecular weight is 310 g/mol. The van der Waals surface area contributed by atoms with Crippen molar-refractivity contribution < 1.29 is 0 Å². The summed E-state index contributed by atoms with van der Waals surface area (Å²) in [5, 5.41) is 9.50. The van der Waals surface area contributed by atoms with Gasteiger partial charge in [0.05, 0.1) is 0 Å². The van der Waals surface area contributed by atoms with Crippen LogP contribution in [0.2, 0.25) is 0 Å². The van der Waals surface area contributed by atoms with Crippen molar-refractivity contribution in [1.29, 1.82) is 0 Å². The van der Waals surface area contributed by atoms with Crippen LogP contribution in [0, 0.1) is 13.8 Å². The summed E-state index contributed by atoms with van der Waals surface area (Å²) < 4.78 is 2.02. The van der Waals surface area contributed by atoms with E-state index in [4.69, 9.17) is 0 Å². The Morgan fingerprint density at radius 1 is 1.09 bits per heavy atom. The Hall–Kier alpha value is -2.14. The van der Waals surface area contributed by atoms with Crippen molar-refractivity contribution in [3.05, 3.63) is 59.4 Å². The van der Waals surface area contributed by atoms with E-state index in [1.165, 1.54) is 16.7 Å². The van der Waals surface area contributed by atoms with Crippen LogP contribution in [-0.2, 0) is 12.8 Å². The fourth-order valence-corrected chi connectivity index (χ4v) is 3.33. The van der Waals surface area contributed by atoms with E-state index in [0.29, 0.717) is 0 Å². The van der Waals surface area contributed by atoms with Gasteiger partial charge in [0.1, 0.15) is 0 Å². The smallest absolute Gasteiger partial charge is 0.191 e. The van der Waals surface area contributed by atoms with E-state index in [-0.39, 0.29) is 0 Å². The van der Waals surface area contributed by atoms with Gasteiger partial charge in [-0.3, -0.25) is 4.98 Å². The zero-order valence-corrected chi connectivity index (χ0v) is 13.8. The van der Waals surface area contributed by atoms with Gasteiger partial charge in [-0.15, -0.1) is 10.2 Å². The van der Waals surface area contributed by atoms with Crippen LogP contribution in [0.4, 0.5) is 0 Å². The first-order valence-corrected chi connectivity index (χ1v) is 8.12. The van der Waals surface area contributed by atoms with E-state index in [0.717, 1.165) is 22.3 Å². The van der Waals surface area contributed by atoms with Gasteiger partial charge in [0, 0.05) is 30.8 Å². The number of nitrogens with zero attached hydrogens (tertiary/aromatic N) is 4. The number of rotatable bonds is 4. The molecule has 0 N–H and O–H groups in total. The van der Waals surface area contributed by atoms with E-state index in [1.807, 2.05) is 29.9 Å². The molecule has 2 aromatic heterocycles. The third-order valence-electron chi connectivity index (χ3n) is 3.40. The normalized spacial score (nSPS) is 10.9. The molecule has 0 radical (unpaired) electrons. The van der Waals surface area contributed by atoms with Crippen LogP contribution in [0.25, 0.3) is 11.4 Å². The summed E-state index contributed by atoms with van der Waals surface area (Å²) in [6, 6.07) is 10.5. The molecule has 1 aromatic carbocycles. The van der Waals surface area contributed by atoms with E-state index in [1.54, 1.807) is 18.0 Å². The van der Waals surface area contributed by atoms with Gasteiger partial charge in [0.15, 0.2) is 11.0 Å². The van der Waals surface area contributed by atoms with Crippen LogP contribution < -0.4 is 0 Å². The lowest BCUT2D eigenvalue weighted by atomic mass is 10.1. The van der Waals surface area contributed by atoms with Crippen LogP contribution in [0.3, 0.4) is 0 Å². The molecule has 3 aromatic rings. The largest absolute Gasteiger partial charge is 0.305 e. The second-order valence-electron chi connectivity index (χ2n) is 5.39. The maximum Gasteiger partial charge on any atom is 0.191 e. The van der Waals surface area contributed by atoms with Gasteiger partial charge in [-0.1, -0.05) is 41.1 Å². The van der Waals surface area contributed by atoms with Gasteiger partial charge in [-0.2, -0.15) is 0 Å². The van der Waals surface area contributed by atoms with Gasteiger partial charge in [-0.05, 0) is 31.5 Å². The molecule has 0 aliphatic rings. The lowest BCUT2D eigenvalue weighted by Crippen LogP contribution is -1.95. The fourth-order valence-electron chi connectivity index (χ4n) is 2.49. The highest BCUT2D eigenvalue weighted by Crippen LogP contribution is 2.25. The summed E-state index contributed by atoms with van der Waals surface area (Å²) in [6.45, 7) is 4.26. The topological polar surface area (TPSA) is 43.6 Å². The molecule has 0 unspecified atom stereocenters. The second-order valence-corrected chi connectivity index (χ2v) is 6.33. The molecule has 0 saturated carbocycles. The Labute approximate surface area is 134 Å². The van der Waals surface area contributed by atoms with E-state index in [9.17, 15) is 0 Å². The highest BCUT2D eigenvalue weighted by molar-refractivity contribution is 7.98. The quantitative estimate of drug-likeness (QED) is 0.688. The lowest BCUT2D eigenvalue weighted by molar-refractivity contribution is 0.793. The van der Waals surface area contributed by atoms with Crippen molar-refractivity contribution in [2.45, 2.75) is 24.8 Å². The number of thioether (sulfide) groups is 1. The average Bonchev–Trinajstić information content (AvgIpc) is 2.86. The molecule has 0 amide bonds. The minimum Gasteiger partial charge on any atom is -0.305 e. The Bertz CT molecular complexity index is 760. The molecule has 0 atom stereocenters. The highest BCUT2D eigenvalue weighted by Gasteiger charge is 2.11. The predicted octanol–water partition coefficient (Wildman–Crippen LogP) is 3.79. The Kier molecular flexibility index (Phi) is 4.24. The van der Waals surface area contributed by atoms with Crippen molar-refractivity contribution in [3.63, 3.8) is 0 Å². The first-order chi connectivity index (χ1) is 10.6. The number of hydrogen-bond donors (Lipinski definition) is 0. The third kappa shape index (κ3) is 3.20. The van der Waals surface area contributed by atoms with Crippen molar-refractivity contribution in [2.24, 2.45) is 7.05 Å². The number of aryl methyl sites for hydroxylation is 2. The Balaban J connectivity index is 1.78. The summed E-state index contributed by atoms with van der Waals surface area (Å²) >= 11 is 1.70. The molecular formula is C17H18N4S. The number of benzene rings is 1. The van der Waals surface area contributed by atoms with Crippen LogP contribution >= 0.6 is 11.8 Å². The minimum absolute atomic E-state index is 0.844. The SMILES string of the molecule is Cc1cc(C)cc(CSc2nnc(-c3cccnc3)n2C)c1. The lowest BCUT2D eigenvalue weighted by Gasteiger charge is -2.05. The molecule has 2 heterocycles. The van der Waals surface area contributed by atoms with Gasteiger partial charge in [-0.25, -0.2) is 0 Å². The van der Waals surface area contributed by atoms with E-state index < -0.39 is 0 Å². The van der Waals surface area contributed by atoms with E-state index >= 15 is 0 Å². The molecule has 0 saturated heterocycles. The van der Waals surface area contributed by atoms with Gasteiger partial charge in [0.2, 0.25) is 0 Å². The molecular weight excluding hydrogens is 292 g/mol. The van der Waals surface area contributed by atoms with Gasteiger partial charge in [0.25, 0.3) is 0 Å². The third-order valence-corrected chi connectivity index (χ3v) is 4.50. The maximum atomic E-state index is 4.30.